The molecule has 0 unspecified atom stereocenters. The van der Waals surface area contributed by atoms with E-state index in [1.54, 1.807) is 24.3 Å². The van der Waals surface area contributed by atoms with E-state index in [0.717, 1.165) is 30.8 Å². The van der Waals surface area contributed by atoms with E-state index in [-0.39, 0.29) is 100 Å². The number of hydrogen-bond acceptors (Lipinski definition) is 15. The Morgan fingerprint density at radius 2 is 0.959 bits per heavy atom. The third-order valence-corrected chi connectivity index (χ3v) is 6.42. The second-order valence-corrected chi connectivity index (χ2v) is 12.9. The molecule has 25 heteroatoms. The minimum absolute atomic E-state index is 0. The maximum Gasteiger partial charge on any atom is 1.00 e. The molecule has 2 aromatic rings. The third-order valence-electron chi connectivity index (χ3n) is 4.58. The molecule has 2 rings (SSSR count). The van der Waals surface area contributed by atoms with Crippen molar-refractivity contribution < 1.29 is 159 Å². The smallest absolute Gasteiger partial charge is 0.807 e. The number of aliphatic hydroxyl groups is 2. The van der Waals surface area contributed by atoms with Crippen molar-refractivity contribution in [2.45, 2.75) is 19.3 Å². The molecule has 10 N–H and O–H groups in total. The van der Waals surface area contributed by atoms with Crippen LogP contribution >= 0.6 is 7.60 Å². The molecular formula is C24H36N4Na3O15PS2. The van der Waals surface area contributed by atoms with E-state index in [1.165, 1.54) is 0 Å². The number of carbonyl (C=O) groups excluding carboxylic acids is 1. The second-order valence-electron chi connectivity index (χ2n) is 8.42. The molecule has 0 heterocycles. The fourth-order valence-electron chi connectivity index (χ4n) is 2.45. The van der Waals surface area contributed by atoms with Gasteiger partial charge in [0.25, 0.3) is 20.2 Å². The standard InChI is InChI=1S/C19H24N4O2.2C2H6O4S.CH3O5P.3Na/c20-18(21)14-4-8-16(9-5-14)24-12-2-1-3-13-25-17-10-6-15(7-11-17)19(22)23;2*3-1-2-7(4,5)6;2-1(3)7(4,5)6;;;/h4-11H,1-3,12-13H2,(H3,20,21)(H3,22,23);2*3H,1-2H2,(H,4,5,6);(H,2,3)(H2,4,5,6);;;/q;;;;3*+1/p-3. The number of rotatable bonds is 15. The summed E-state index contributed by atoms with van der Waals surface area (Å²) in [4.78, 5) is 27.3. The zero-order chi connectivity index (χ0) is 36.0. The predicted octanol–water partition coefficient (Wildman–Crippen LogP) is -11.1. The van der Waals surface area contributed by atoms with Crippen LogP contribution in [0.4, 0.5) is 4.79 Å². The van der Waals surface area contributed by atoms with Crippen molar-refractivity contribution in [3.05, 3.63) is 59.7 Å². The van der Waals surface area contributed by atoms with Crippen LogP contribution in [0.3, 0.4) is 0 Å². The van der Waals surface area contributed by atoms with Crippen LogP contribution in [-0.4, -0.2) is 91.5 Å². The van der Waals surface area contributed by atoms with Crippen LogP contribution in [-0.2, 0) is 24.8 Å². The Labute approximate surface area is 350 Å². The average molecular weight is 785 g/mol. The quantitative estimate of drug-likeness (QED) is 0.0207. The van der Waals surface area contributed by atoms with Crippen LogP contribution in [0, 0.1) is 10.8 Å². The zero-order valence-corrected chi connectivity index (χ0v) is 35.7. The van der Waals surface area contributed by atoms with E-state index in [9.17, 15) is 16.8 Å². The second kappa shape index (κ2) is 30.9. The molecule has 0 aliphatic heterocycles. The summed E-state index contributed by atoms with van der Waals surface area (Å²) in [6.07, 6.45) is 2.90. The van der Waals surface area contributed by atoms with Crippen molar-refractivity contribution in [3.8, 4) is 11.5 Å². The number of nitrogens with one attached hydrogen (secondary N) is 2. The maximum absolute atomic E-state index is 9.63. The van der Waals surface area contributed by atoms with Gasteiger partial charge in [-0.3, -0.25) is 19.9 Å². The van der Waals surface area contributed by atoms with Gasteiger partial charge in [0.1, 0.15) is 23.2 Å². The van der Waals surface area contributed by atoms with Gasteiger partial charge in [-0.1, -0.05) is 0 Å². The first-order valence-corrected chi connectivity index (χ1v) is 17.4. The molecule has 0 radical (unpaired) electrons. The van der Waals surface area contributed by atoms with E-state index in [2.05, 4.69) is 0 Å². The summed E-state index contributed by atoms with van der Waals surface area (Å²) in [6.45, 7) is 0.233. The molecule has 0 aliphatic rings. The first kappa shape index (κ1) is 57.7. The Balaban J connectivity index is -0.000000222. The molecule has 0 atom stereocenters. The summed E-state index contributed by atoms with van der Waals surface area (Å²) in [6, 6.07) is 14.4. The van der Waals surface area contributed by atoms with Crippen molar-refractivity contribution in [3.63, 3.8) is 0 Å². The number of nitrogen functional groups attached to an aromatic ring is 2. The van der Waals surface area contributed by atoms with Gasteiger partial charge in [-0.25, -0.2) is 0 Å². The van der Waals surface area contributed by atoms with Crippen LogP contribution in [0.25, 0.3) is 0 Å². The van der Waals surface area contributed by atoms with Crippen LogP contribution < -0.4 is 125 Å². The summed E-state index contributed by atoms with van der Waals surface area (Å²) >= 11 is 0. The molecular weight excluding hydrogens is 748 g/mol. The van der Waals surface area contributed by atoms with Gasteiger partial charge in [0.15, 0.2) is 0 Å². The van der Waals surface area contributed by atoms with Crippen molar-refractivity contribution in [2.75, 3.05) is 37.9 Å². The summed E-state index contributed by atoms with van der Waals surface area (Å²) in [5.41, 5.74) is 9.65. The minimum Gasteiger partial charge on any atom is -0.807 e. The van der Waals surface area contributed by atoms with E-state index in [0.29, 0.717) is 24.3 Å². The fraction of sp³-hybridized carbons (Fsp3) is 0.375. The molecule has 262 valence electrons. The minimum atomic E-state index is -5.43. The van der Waals surface area contributed by atoms with Gasteiger partial charge in [0.2, 0.25) is 0 Å². The summed E-state index contributed by atoms with van der Waals surface area (Å²) in [5, 5.41) is 39.4. The monoisotopic (exact) mass is 784 g/mol. The summed E-state index contributed by atoms with van der Waals surface area (Å²) in [7, 11) is -13.3. The molecule has 0 aliphatic carbocycles. The van der Waals surface area contributed by atoms with E-state index in [4.69, 9.17) is 75.3 Å². The number of nitrogens with two attached hydrogens (primary N) is 2. The van der Waals surface area contributed by atoms with Crippen LogP contribution in [0.5, 0.6) is 11.5 Å². The van der Waals surface area contributed by atoms with Crippen molar-refractivity contribution >= 4 is 45.2 Å². The topological polar surface area (TPSA) is 371 Å². The molecule has 2 aromatic carbocycles. The molecule has 19 nitrogen and oxygen atoms in total. The number of ether oxygens (including phenoxy) is 2. The molecule has 0 aromatic heterocycles. The van der Waals surface area contributed by atoms with Gasteiger partial charge in [0.05, 0.1) is 43.6 Å². The largest absolute Gasteiger partial charge is 1.00 e. The Morgan fingerprint density at radius 3 is 1.12 bits per heavy atom. The van der Waals surface area contributed by atoms with E-state index >= 15 is 0 Å². The molecule has 0 saturated heterocycles. The number of hydrogen-bond donors (Lipinski definition) is 8. The number of aliphatic hydroxyl groups excluding tert-OH is 2. The van der Waals surface area contributed by atoms with Crippen LogP contribution in [0.2, 0.25) is 0 Å². The third kappa shape index (κ3) is 36.9. The van der Waals surface area contributed by atoms with Gasteiger partial charge in [-0.2, -0.15) is 16.8 Å². The van der Waals surface area contributed by atoms with Crippen LogP contribution in [0.15, 0.2) is 48.5 Å². The number of benzene rings is 2. The fourth-order valence-corrected chi connectivity index (χ4v) is 2.91. The predicted molar refractivity (Wildman–Crippen MR) is 160 cm³/mol. The SMILES string of the molecule is N=C(N)c1ccc(OCCCCCOc2ccc(C(=N)N)cc2)cc1.O=C([O-])P(=O)([O-])[O-].O=S(=O)(O)CCO.O=S(=O)(O)CCO.[Na+].[Na+].[Na+]. The van der Waals surface area contributed by atoms with Gasteiger partial charge < -0.3 is 55.4 Å². The first-order chi connectivity index (χ1) is 21.1. The zero-order valence-electron chi connectivity index (χ0n) is 27.2. The van der Waals surface area contributed by atoms with Crippen molar-refractivity contribution in [2.24, 2.45) is 11.5 Å². The van der Waals surface area contributed by atoms with Crippen molar-refractivity contribution in [1.29, 1.82) is 10.8 Å². The Hall–Kier alpha value is -0.660. The molecule has 49 heavy (non-hydrogen) atoms. The van der Waals surface area contributed by atoms with Gasteiger partial charge in [-0.15, -0.1) is 0 Å². The molecule has 0 saturated carbocycles. The first-order valence-electron chi connectivity index (χ1n) is 12.6. The molecule has 0 spiro atoms. The Morgan fingerprint density at radius 1 is 0.694 bits per heavy atom. The van der Waals surface area contributed by atoms with Gasteiger partial charge in [-0.05, 0) is 75.4 Å². The maximum atomic E-state index is 9.63. The Kier molecular flexibility index (Phi) is 36.4. The normalized spacial score (nSPS) is 10.2. The average Bonchev–Trinajstić information content (AvgIpc) is 2.92. The molecule has 0 fully saturated rings. The number of unbranched alkanes of at least 4 members (excludes halogenated alkanes) is 2. The van der Waals surface area contributed by atoms with Crippen molar-refractivity contribution in [1.82, 2.24) is 0 Å². The van der Waals surface area contributed by atoms with E-state index < -0.39 is 58.3 Å². The van der Waals surface area contributed by atoms with E-state index in [1.807, 2.05) is 24.3 Å². The number of carbonyl (C=O) groups is 1. The van der Waals surface area contributed by atoms with Gasteiger partial charge >= 0.3 is 88.7 Å². The molecule has 0 amide bonds. The Bertz CT molecular complexity index is 1390. The number of amidine groups is 2. The molecule has 0 bridgehead atoms. The van der Waals surface area contributed by atoms with Crippen LogP contribution in [0.1, 0.15) is 30.4 Å². The summed E-state index contributed by atoms with van der Waals surface area (Å²) < 4.78 is 74.6. The number of carboxylic acid groups (broad SMARTS) is 1. The van der Waals surface area contributed by atoms with Gasteiger partial charge in [0, 0.05) is 11.1 Å². The summed E-state index contributed by atoms with van der Waals surface area (Å²) in [5.74, 6) is 0.531.